The van der Waals surface area contributed by atoms with Crippen LogP contribution in [-0.4, -0.2) is 20.4 Å². The number of nitrogens with one attached hydrogen (secondary N) is 1. The van der Waals surface area contributed by atoms with Crippen LogP contribution in [0.2, 0.25) is 0 Å². The first kappa shape index (κ1) is 13.1. The molecule has 17 heavy (non-hydrogen) atoms. The fraction of sp³-hybridized carbons (Fsp3) is 0.200. The molecule has 0 aliphatic carbocycles. The Labute approximate surface area is 98.4 Å². The molecule has 0 bridgehead atoms. The van der Waals surface area contributed by atoms with Gasteiger partial charge in [0.1, 0.15) is 0 Å². The van der Waals surface area contributed by atoms with Crippen LogP contribution in [0.1, 0.15) is 12.5 Å². The molecular weight excluding hydrogens is 244 g/mol. The van der Waals surface area contributed by atoms with Gasteiger partial charge in [-0.15, -0.1) is 0 Å². The smallest absolute Gasteiger partial charge is 0.292 e. The van der Waals surface area contributed by atoms with Crippen molar-refractivity contribution in [2.75, 3.05) is 5.32 Å². The van der Waals surface area contributed by atoms with Gasteiger partial charge in [-0.05, 0) is 24.6 Å². The van der Waals surface area contributed by atoms with Crippen LogP contribution in [0.3, 0.4) is 0 Å². The van der Waals surface area contributed by atoms with Crippen molar-refractivity contribution in [2.24, 2.45) is 4.40 Å². The number of aryl methyl sites for hydroxylation is 1. The van der Waals surface area contributed by atoms with Crippen LogP contribution < -0.4 is 5.32 Å². The van der Waals surface area contributed by atoms with Crippen LogP contribution in [0.5, 0.6) is 0 Å². The number of anilines is 1. The number of carbonyl (C=O) groups is 1. The molecule has 0 heterocycles. The van der Waals surface area contributed by atoms with Gasteiger partial charge in [0.15, 0.2) is 0 Å². The third kappa shape index (κ3) is 3.24. The van der Waals surface area contributed by atoms with Crippen molar-refractivity contribution >= 4 is 27.7 Å². The van der Waals surface area contributed by atoms with Crippen molar-refractivity contribution in [1.29, 1.82) is 0 Å². The first-order valence-corrected chi connectivity index (χ1v) is 6.03. The van der Waals surface area contributed by atoms with Crippen molar-refractivity contribution in [3.8, 4) is 0 Å². The summed E-state index contributed by atoms with van der Waals surface area (Å²) < 4.78 is 25.9. The highest BCUT2D eigenvalue weighted by atomic mass is 32.2. The van der Waals surface area contributed by atoms with Crippen LogP contribution in [0.4, 0.5) is 5.69 Å². The Kier molecular flexibility index (Phi) is 3.77. The van der Waals surface area contributed by atoms with Gasteiger partial charge < -0.3 is 5.32 Å². The molecule has 0 saturated carbocycles. The Morgan fingerprint density at radius 3 is 2.59 bits per heavy atom. The minimum atomic E-state index is -4.05. The maximum absolute atomic E-state index is 11.5. The van der Waals surface area contributed by atoms with E-state index < -0.39 is 10.0 Å². The number of carbonyl (C=O) groups excluding carboxylic acids is 2. The zero-order chi connectivity index (χ0) is 13.1. The summed E-state index contributed by atoms with van der Waals surface area (Å²) >= 11 is 0. The number of benzene rings is 1. The first-order valence-electron chi connectivity index (χ1n) is 4.59. The Balaban J connectivity index is 3.33. The Bertz CT molecular complexity index is 601. The number of hydrogen-bond donors (Lipinski definition) is 1. The lowest BCUT2D eigenvalue weighted by Gasteiger charge is -2.06. The van der Waals surface area contributed by atoms with E-state index in [1.165, 1.54) is 19.1 Å². The predicted octanol–water partition coefficient (Wildman–Crippen LogP) is 0.978. The molecular formula is C10H10N2O4S. The molecule has 0 unspecified atom stereocenters. The minimum Gasteiger partial charge on any atom is -0.326 e. The number of sulfonamides is 1. The second-order valence-corrected chi connectivity index (χ2v) is 4.89. The van der Waals surface area contributed by atoms with Gasteiger partial charge in [0.25, 0.3) is 16.1 Å². The van der Waals surface area contributed by atoms with Gasteiger partial charge in [0.2, 0.25) is 5.91 Å². The maximum Gasteiger partial charge on any atom is 0.292 e. The van der Waals surface area contributed by atoms with Crippen LogP contribution >= 0.6 is 0 Å². The van der Waals surface area contributed by atoms with Gasteiger partial charge >= 0.3 is 0 Å². The normalized spacial score (nSPS) is 10.5. The quantitative estimate of drug-likeness (QED) is 0.642. The zero-order valence-electron chi connectivity index (χ0n) is 9.22. The summed E-state index contributed by atoms with van der Waals surface area (Å²) in [6.45, 7) is 2.86. The molecule has 1 amide bonds. The third-order valence-corrected chi connectivity index (χ3v) is 3.25. The molecule has 0 saturated heterocycles. The van der Waals surface area contributed by atoms with E-state index in [1.54, 1.807) is 13.0 Å². The monoisotopic (exact) mass is 254 g/mol. The lowest BCUT2D eigenvalue weighted by Crippen LogP contribution is -2.07. The second-order valence-electron chi connectivity index (χ2n) is 3.32. The minimum absolute atomic E-state index is 0.132. The maximum atomic E-state index is 11.5. The van der Waals surface area contributed by atoms with Gasteiger partial charge in [-0.1, -0.05) is 10.5 Å². The molecule has 7 heteroatoms. The van der Waals surface area contributed by atoms with Crippen molar-refractivity contribution in [2.45, 2.75) is 18.7 Å². The average Bonchev–Trinajstić information content (AvgIpc) is 2.20. The van der Waals surface area contributed by atoms with E-state index in [9.17, 15) is 18.0 Å². The zero-order valence-corrected chi connectivity index (χ0v) is 10.0. The molecule has 0 aromatic heterocycles. The van der Waals surface area contributed by atoms with Gasteiger partial charge in [0, 0.05) is 12.6 Å². The SMILES string of the molecule is CC(=O)Nc1ccc(C)c(S(=O)(=O)N=C=O)c1. The Morgan fingerprint density at radius 1 is 1.41 bits per heavy atom. The van der Waals surface area contributed by atoms with Crippen molar-refractivity contribution in [3.05, 3.63) is 23.8 Å². The summed E-state index contributed by atoms with van der Waals surface area (Å²) in [5.74, 6) is -0.323. The number of rotatable bonds is 3. The van der Waals surface area contributed by atoms with Gasteiger partial charge in [-0.25, -0.2) is 4.79 Å². The van der Waals surface area contributed by atoms with Crippen LogP contribution in [0.15, 0.2) is 27.5 Å². The predicted molar refractivity (Wildman–Crippen MR) is 60.8 cm³/mol. The van der Waals surface area contributed by atoms with Crippen molar-refractivity contribution < 1.29 is 18.0 Å². The Hall–Kier alpha value is -1.98. The molecule has 1 aromatic rings. The molecule has 1 aromatic carbocycles. The largest absolute Gasteiger partial charge is 0.326 e. The lowest BCUT2D eigenvalue weighted by molar-refractivity contribution is -0.114. The molecule has 0 radical (unpaired) electrons. The molecule has 1 N–H and O–H groups in total. The summed E-state index contributed by atoms with van der Waals surface area (Å²) in [5.41, 5.74) is 0.751. The lowest BCUT2D eigenvalue weighted by atomic mass is 10.2. The number of hydrogen-bond acceptors (Lipinski definition) is 4. The molecule has 0 fully saturated rings. The van der Waals surface area contributed by atoms with E-state index >= 15 is 0 Å². The van der Waals surface area contributed by atoms with Crippen LogP contribution in [0, 0.1) is 6.92 Å². The summed E-state index contributed by atoms with van der Waals surface area (Å²) in [5, 5.41) is 2.44. The van der Waals surface area contributed by atoms with E-state index in [2.05, 4.69) is 9.71 Å². The third-order valence-electron chi connectivity index (χ3n) is 1.94. The van der Waals surface area contributed by atoms with Gasteiger partial charge in [0.05, 0.1) is 4.90 Å². The highest BCUT2D eigenvalue weighted by Crippen LogP contribution is 2.21. The number of isocyanates is 1. The van der Waals surface area contributed by atoms with E-state index in [0.29, 0.717) is 11.3 Å². The average molecular weight is 254 g/mol. The topological polar surface area (TPSA) is 92.7 Å². The molecule has 0 aliphatic heterocycles. The molecule has 90 valence electrons. The van der Waals surface area contributed by atoms with Crippen molar-refractivity contribution in [3.63, 3.8) is 0 Å². The van der Waals surface area contributed by atoms with E-state index in [0.717, 1.165) is 6.08 Å². The van der Waals surface area contributed by atoms with Crippen LogP contribution in [-0.2, 0) is 19.6 Å². The second kappa shape index (κ2) is 4.90. The number of amides is 1. The summed E-state index contributed by atoms with van der Waals surface area (Å²) in [6.07, 6.45) is 0.994. The highest BCUT2D eigenvalue weighted by Gasteiger charge is 2.16. The standard InChI is InChI=1S/C10H10N2O4S/c1-7-3-4-9(12-8(2)14)5-10(7)17(15,16)11-6-13/h3-5H,1-2H3,(H,12,14). The molecule has 0 atom stereocenters. The summed E-state index contributed by atoms with van der Waals surface area (Å²) in [4.78, 5) is 20.7. The number of nitrogens with zero attached hydrogens (tertiary/aromatic N) is 1. The van der Waals surface area contributed by atoms with Crippen molar-refractivity contribution in [1.82, 2.24) is 0 Å². The molecule has 1 rings (SSSR count). The first-order chi connectivity index (χ1) is 7.86. The van der Waals surface area contributed by atoms with Crippen LogP contribution in [0.25, 0.3) is 0 Å². The van der Waals surface area contributed by atoms with E-state index in [4.69, 9.17) is 0 Å². The van der Waals surface area contributed by atoms with Gasteiger partial charge in [-0.3, -0.25) is 4.79 Å². The summed E-state index contributed by atoms with van der Waals surface area (Å²) in [7, 11) is -4.05. The fourth-order valence-electron chi connectivity index (χ4n) is 1.26. The molecule has 0 aliphatic rings. The molecule has 6 nitrogen and oxygen atoms in total. The summed E-state index contributed by atoms with van der Waals surface area (Å²) in [6, 6.07) is 4.31. The Morgan fingerprint density at radius 2 is 2.06 bits per heavy atom. The van der Waals surface area contributed by atoms with E-state index in [1.807, 2.05) is 0 Å². The van der Waals surface area contributed by atoms with Gasteiger partial charge in [-0.2, -0.15) is 8.42 Å². The molecule has 0 spiro atoms. The van der Waals surface area contributed by atoms with E-state index in [-0.39, 0.29) is 10.8 Å². The fourth-order valence-corrected chi connectivity index (χ4v) is 2.20. The highest BCUT2D eigenvalue weighted by molar-refractivity contribution is 7.90.